The molecule has 21 heavy (non-hydrogen) atoms. The number of nitrogens with two attached hydrogens (primary N) is 1. The lowest BCUT2D eigenvalue weighted by molar-refractivity contribution is -0.385. The second-order valence-corrected chi connectivity index (χ2v) is 4.41. The van der Waals surface area contributed by atoms with Crippen LogP contribution >= 0.6 is 0 Å². The van der Waals surface area contributed by atoms with Gasteiger partial charge in [-0.15, -0.1) is 0 Å². The number of nitrogens with zero attached hydrogens (tertiary/aromatic N) is 4. The Labute approximate surface area is 119 Å². The molecule has 0 aliphatic heterocycles. The van der Waals surface area contributed by atoms with Crippen LogP contribution in [-0.4, -0.2) is 32.1 Å². The number of aryl methyl sites for hydroxylation is 1. The summed E-state index contributed by atoms with van der Waals surface area (Å²) in [5.41, 5.74) is 6.26. The largest absolute Gasteiger partial charge is 0.383 e. The van der Waals surface area contributed by atoms with E-state index in [0.29, 0.717) is 13.0 Å². The van der Waals surface area contributed by atoms with Crippen molar-refractivity contribution in [2.24, 2.45) is 7.05 Å². The maximum absolute atomic E-state index is 12.0. The second-order valence-electron chi connectivity index (χ2n) is 4.41. The maximum Gasteiger partial charge on any atom is 0.288 e. The molecular weight excluding hydrogens is 276 g/mol. The standard InChI is InChI=1S/C12H14N6O3/c1-17-7-8(5-16-17)2-3-14-12(19)10-4-9(18(20)21)6-15-11(10)13/h4-7H,2-3H2,1H3,(H2,13,15)(H,14,19). The van der Waals surface area contributed by atoms with Crippen molar-refractivity contribution < 1.29 is 9.72 Å². The highest BCUT2D eigenvalue weighted by molar-refractivity contribution is 5.98. The summed E-state index contributed by atoms with van der Waals surface area (Å²) in [7, 11) is 1.80. The van der Waals surface area contributed by atoms with Crippen molar-refractivity contribution in [3.63, 3.8) is 0 Å². The van der Waals surface area contributed by atoms with Gasteiger partial charge in [0, 0.05) is 25.9 Å². The summed E-state index contributed by atoms with van der Waals surface area (Å²) < 4.78 is 1.67. The Kier molecular flexibility index (Phi) is 4.12. The van der Waals surface area contributed by atoms with Gasteiger partial charge >= 0.3 is 0 Å². The predicted octanol–water partition coefficient (Wildman–Crippen LogP) is 0.278. The van der Waals surface area contributed by atoms with Gasteiger partial charge in [-0.25, -0.2) is 4.98 Å². The van der Waals surface area contributed by atoms with E-state index in [4.69, 9.17) is 5.73 Å². The highest BCUT2D eigenvalue weighted by atomic mass is 16.6. The average molecular weight is 290 g/mol. The third kappa shape index (κ3) is 3.53. The first-order valence-corrected chi connectivity index (χ1v) is 6.13. The lowest BCUT2D eigenvalue weighted by Gasteiger charge is -2.06. The monoisotopic (exact) mass is 290 g/mol. The molecule has 2 heterocycles. The van der Waals surface area contributed by atoms with Gasteiger partial charge in [0.05, 0.1) is 16.7 Å². The zero-order valence-corrected chi connectivity index (χ0v) is 11.3. The van der Waals surface area contributed by atoms with Crippen LogP contribution in [0.25, 0.3) is 0 Å². The molecule has 0 unspecified atom stereocenters. The first-order chi connectivity index (χ1) is 9.97. The summed E-state index contributed by atoms with van der Waals surface area (Å²) >= 11 is 0. The molecule has 2 aromatic heterocycles. The molecule has 3 N–H and O–H groups in total. The minimum atomic E-state index is -0.626. The quantitative estimate of drug-likeness (QED) is 0.601. The average Bonchev–Trinajstić information content (AvgIpc) is 2.84. The number of carbonyl (C=O) groups is 1. The molecule has 0 saturated heterocycles. The number of rotatable bonds is 5. The number of amides is 1. The molecule has 9 heteroatoms. The van der Waals surface area contributed by atoms with Crippen LogP contribution in [0.2, 0.25) is 0 Å². The summed E-state index contributed by atoms with van der Waals surface area (Å²) in [6, 6.07) is 1.11. The number of anilines is 1. The van der Waals surface area contributed by atoms with Gasteiger partial charge in [-0.1, -0.05) is 0 Å². The highest BCUT2D eigenvalue weighted by Gasteiger charge is 2.16. The molecule has 0 fully saturated rings. The van der Waals surface area contributed by atoms with Crippen molar-refractivity contribution in [1.82, 2.24) is 20.1 Å². The van der Waals surface area contributed by atoms with Gasteiger partial charge in [0.2, 0.25) is 0 Å². The van der Waals surface area contributed by atoms with Crippen LogP contribution < -0.4 is 11.1 Å². The zero-order valence-electron chi connectivity index (χ0n) is 11.3. The van der Waals surface area contributed by atoms with Gasteiger partial charge < -0.3 is 11.1 Å². The van der Waals surface area contributed by atoms with Crippen molar-refractivity contribution in [3.05, 3.63) is 45.9 Å². The molecule has 0 radical (unpaired) electrons. The number of aromatic nitrogens is 3. The molecule has 1 amide bonds. The number of nitrogen functional groups attached to an aromatic ring is 1. The minimum Gasteiger partial charge on any atom is -0.383 e. The van der Waals surface area contributed by atoms with Gasteiger partial charge in [0.15, 0.2) is 0 Å². The number of carbonyl (C=O) groups excluding carboxylic acids is 1. The number of nitro groups is 1. The van der Waals surface area contributed by atoms with Gasteiger partial charge in [-0.3, -0.25) is 19.6 Å². The molecule has 9 nitrogen and oxygen atoms in total. The van der Waals surface area contributed by atoms with Gasteiger partial charge in [0.25, 0.3) is 11.6 Å². The lowest BCUT2D eigenvalue weighted by atomic mass is 10.2. The Balaban J connectivity index is 1.99. The van der Waals surface area contributed by atoms with Gasteiger partial charge in [-0.2, -0.15) is 5.10 Å². The van der Waals surface area contributed by atoms with Crippen molar-refractivity contribution in [2.75, 3.05) is 12.3 Å². The predicted molar refractivity (Wildman–Crippen MR) is 74.5 cm³/mol. The lowest BCUT2D eigenvalue weighted by Crippen LogP contribution is -2.26. The molecule has 110 valence electrons. The van der Waals surface area contributed by atoms with E-state index in [1.165, 1.54) is 0 Å². The van der Waals surface area contributed by atoms with Crippen molar-refractivity contribution in [3.8, 4) is 0 Å². The number of hydrogen-bond acceptors (Lipinski definition) is 6. The van der Waals surface area contributed by atoms with Crippen LogP contribution in [0.5, 0.6) is 0 Å². The Morgan fingerprint density at radius 2 is 2.29 bits per heavy atom. The van der Waals surface area contributed by atoms with E-state index in [1.807, 2.05) is 6.20 Å². The zero-order chi connectivity index (χ0) is 15.4. The fraction of sp³-hybridized carbons (Fsp3) is 0.250. The molecular formula is C12H14N6O3. The van der Waals surface area contributed by atoms with Crippen molar-refractivity contribution in [1.29, 1.82) is 0 Å². The van der Waals surface area contributed by atoms with Crippen molar-refractivity contribution in [2.45, 2.75) is 6.42 Å². The molecule has 0 saturated carbocycles. The fourth-order valence-corrected chi connectivity index (χ4v) is 1.76. The summed E-state index contributed by atoms with van der Waals surface area (Å²) in [5.74, 6) is -0.535. The third-order valence-corrected chi connectivity index (χ3v) is 2.82. The van der Waals surface area contributed by atoms with Crippen LogP contribution in [0.4, 0.5) is 11.5 Å². The Morgan fingerprint density at radius 3 is 2.90 bits per heavy atom. The summed E-state index contributed by atoms with van der Waals surface area (Å²) in [4.78, 5) is 25.7. The second kappa shape index (κ2) is 5.99. The van der Waals surface area contributed by atoms with E-state index >= 15 is 0 Å². The summed E-state index contributed by atoms with van der Waals surface area (Å²) in [6.07, 6.45) is 5.16. The van der Waals surface area contributed by atoms with E-state index < -0.39 is 10.8 Å². The molecule has 0 aliphatic rings. The van der Waals surface area contributed by atoms with E-state index in [2.05, 4.69) is 15.4 Å². The Morgan fingerprint density at radius 1 is 1.52 bits per heavy atom. The van der Waals surface area contributed by atoms with Crippen LogP contribution in [0.3, 0.4) is 0 Å². The molecule has 0 bridgehead atoms. The number of nitrogens with one attached hydrogen (secondary N) is 1. The van der Waals surface area contributed by atoms with Gasteiger partial charge in [-0.05, 0) is 12.0 Å². The maximum atomic E-state index is 12.0. The van der Waals surface area contributed by atoms with E-state index in [1.54, 1.807) is 17.9 Å². The normalized spacial score (nSPS) is 10.3. The van der Waals surface area contributed by atoms with Crippen LogP contribution in [0, 0.1) is 10.1 Å². The Hall–Kier alpha value is -2.97. The smallest absolute Gasteiger partial charge is 0.288 e. The van der Waals surface area contributed by atoms with Crippen LogP contribution in [0.1, 0.15) is 15.9 Å². The summed E-state index contributed by atoms with van der Waals surface area (Å²) in [5, 5.41) is 17.3. The fourth-order valence-electron chi connectivity index (χ4n) is 1.76. The molecule has 0 atom stereocenters. The first-order valence-electron chi connectivity index (χ1n) is 6.13. The molecule has 0 spiro atoms. The molecule has 2 aromatic rings. The van der Waals surface area contributed by atoms with E-state index in [-0.39, 0.29) is 17.1 Å². The molecule has 0 aromatic carbocycles. The first kappa shape index (κ1) is 14.4. The summed E-state index contributed by atoms with van der Waals surface area (Å²) in [6.45, 7) is 0.368. The minimum absolute atomic E-state index is 0.00427. The molecule has 0 aliphatic carbocycles. The van der Waals surface area contributed by atoms with Crippen molar-refractivity contribution >= 4 is 17.4 Å². The Bertz CT molecular complexity index is 681. The number of pyridine rings is 1. The number of hydrogen-bond donors (Lipinski definition) is 2. The highest BCUT2D eigenvalue weighted by Crippen LogP contribution is 2.16. The van der Waals surface area contributed by atoms with Gasteiger partial charge in [0.1, 0.15) is 12.0 Å². The van der Waals surface area contributed by atoms with E-state index in [0.717, 1.165) is 17.8 Å². The topological polar surface area (TPSA) is 129 Å². The van der Waals surface area contributed by atoms with E-state index in [9.17, 15) is 14.9 Å². The van der Waals surface area contributed by atoms with Crippen LogP contribution in [0.15, 0.2) is 24.7 Å². The third-order valence-electron chi connectivity index (χ3n) is 2.82. The molecule has 2 rings (SSSR count). The SMILES string of the molecule is Cn1cc(CCNC(=O)c2cc([N+](=O)[O-])cnc2N)cn1. The van der Waals surface area contributed by atoms with Crippen LogP contribution in [-0.2, 0) is 13.5 Å².